The van der Waals surface area contributed by atoms with Crippen molar-refractivity contribution in [1.82, 2.24) is 0 Å². The van der Waals surface area contributed by atoms with Gasteiger partial charge in [0.25, 0.3) is 0 Å². The third-order valence-corrected chi connectivity index (χ3v) is 3.52. The Morgan fingerprint density at radius 3 is 2.94 bits per heavy atom. The van der Waals surface area contributed by atoms with Crippen LogP contribution >= 0.6 is 0 Å². The summed E-state index contributed by atoms with van der Waals surface area (Å²) in [4.78, 5) is 11.3. The molecule has 4 nitrogen and oxygen atoms in total. The summed E-state index contributed by atoms with van der Waals surface area (Å²) in [5, 5.41) is 9.27. The topological polar surface area (TPSA) is 55.8 Å². The van der Waals surface area contributed by atoms with Crippen LogP contribution in [0.15, 0.2) is 30.4 Å². The molecule has 0 saturated heterocycles. The van der Waals surface area contributed by atoms with Crippen molar-refractivity contribution in [2.75, 3.05) is 6.79 Å². The van der Waals surface area contributed by atoms with Crippen molar-refractivity contribution >= 4 is 5.97 Å². The summed E-state index contributed by atoms with van der Waals surface area (Å²) in [6, 6.07) is 5.65. The van der Waals surface area contributed by atoms with Gasteiger partial charge in [-0.1, -0.05) is 18.2 Å². The molecule has 4 heteroatoms. The Kier molecular flexibility index (Phi) is 2.70. The predicted octanol–water partition coefficient (Wildman–Crippen LogP) is 2.55. The van der Waals surface area contributed by atoms with Gasteiger partial charge in [0.1, 0.15) is 0 Å². The number of carboxylic acid groups (broad SMARTS) is 1. The van der Waals surface area contributed by atoms with E-state index in [4.69, 9.17) is 9.47 Å². The number of carboxylic acids is 1. The van der Waals surface area contributed by atoms with E-state index in [9.17, 15) is 9.90 Å². The zero-order valence-corrected chi connectivity index (χ0v) is 9.83. The van der Waals surface area contributed by atoms with Crippen molar-refractivity contribution in [2.45, 2.75) is 18.8 Å². The second-order valence-electron chi connectivity index (χ2n) is 4.59. The highest BCUT2D eigenvalue weighted by Crippen LogP contribution is 2.39. The molecule has 0 amide bonds. The monoisotopic (exact) mass is 246 g/mol. The summed E-state index contributed by atoms with van der Waals surface area (Å²) < 4.78 is 10.6. The first-order chi connectivity index (χ1) is 8.75. The average Bonchev–Trinajstić information content (AvgIpc) is 2.85. The third-order valence-electron chi connectivity index (χ3n) is 3.52. The summed E-state index contributed by atoms with van der Waals surface area (Å²) in [5.74, 6) is 0.268. The molecule has 94 valence electrons. The Bertz CT molecular complexity index is 507. The van der Waals surface area contributed by atoms with Crippen molar-refractivity contribution in [3.8, 4) is 11.5 Å². The summed E-state index contributed by atoms with van der Waals surface area (Å²) in [7, 11) is 0. The Hall–Kier alpha value is -1.97. The van der Waals surface area contributed by atoms with E-state index in [2.05, 4.69) is 6.08 Å². The van der Waals surface area contributed by atoms with Crippen molar-refractivity contribution in [2.24, 2.45) is 5.92 Å². The molecule has 0 aromatic heterocycles. The van der Waals surface area contributed by atoms with Gasteiger partial charge < -0.3 is 14.6 Å². The van der Waals surface area contributed by atoms with Crippen LogP contribution < -0.4 is 9.47 Å². The Labute approximate surface area is 105 Å². The van der Waals surface area contributed by atoms with Crippen LogP contribution in [0.3, 0.4) is 0 Å². The molecule has 1 aliphatic heterocycles. The van der Waals surface area contributed by atoms with E-state index in [0.717, 1.165) is 17.7 Å². The van der Waals surface area contributed by atoms with Gasteiger partial charge in [0.05, 0.1) is 5.92 Å². The molecule has 1 N–H and O–H groups in total. The molecule has 3 rings (SSSR count). The highest BCUT2D eigenvalue weighted by Gasteiger charge is 2.30. The number of hydrogen-bond donors (Lipinski definition) is 1. The Balaban J connectivity index is 1.95. The van der Waals surface area contributed by atoms with Gasteiger partial charge in [-0.15, -0.1) is 0 Å². The first-order valence-corrected chi connectivity index (χ1v) is 6.05. The molecule has 0 unspecified atom stereocenters. The minimum absolute atomic E-state index is 0.0780. The molecular formula is C14H14O4. The maximum Gasteiger partial charge on any atom is 0.307 e. The molecule has 1 aromatic carbocycles. The van der Waals surface area contributed by atoms with Crippen molar-refractivity contribution in [3.05, 3.63) is 35.9 Å². The first kappa shape index (κ1) is 11.1. The lowest BCUT2D eigenvalue weighted by Gasteiger charge is -2.24. The highest BCUT2D eigenvalue weighted by atomic mass is 16.7. The second-order valence-corrected chi connectivity index (χ2v) is 4.59. The quantitative estimate of drug-likeness (QED) is 0.815. The summed E-state index contributed by atoms with van der Waals surface area (Å²) in [6.45, 7) is 0.238. The van der Waals surface area contributed by atoms with Crippen LogP contribution in [0, 0.1) is 5.92 Å². The predicted molar refractivity (Wildman–Crippen MR) is 64.8 cm³/mol. The van der Waals surface area contributed by atoms with Crippen LogP contribution in [0.1, 0.15) is 24.3 Å². The normalized spacial score (nSPS) is 25.1. The lowest BCUT2D eigenvalue weighted by atomic mass is 9.79. The molecule has 18 heavy (non-hydrogen) atoms. The zero-order chi connectivity index (χ0) is 12.5. The lowest BCUT2D eigenvalue weighted by Crippen LogP contribution is -2.22. The van der Waals surface area contributed by atoms with E-state index in [1.165, 1.54) is 0 Å². The molecule has 1 aromatic rings. The number of allylic oxidation sites excluding steroid dienone is 2. The van der Waals surface area contributed by atoms with Gasteiger partial charge >= 0.3 is 5.97 Å². The lowest BCUT2D eigenvalue weighted by molar-refractivity contribution is -0.142. The largest absolute Gasteiger partial charge is 0.481 e. The number of aliphatic carboxylic acids is 1. The van der Waals surface area contributed by atoms with Gasteiger partial charge in [-0.05, 0) is 30.5 Å². The van der Waals surface area contributed by atoms with Gasteiger partial charge in [-0.25, -0.2) is 0 Å². The average molecular weight is 246 g/mol. The molecule has 0 fully saturated rings. The standard InChI is InChI=1S/C14H14O4/c15-14(16)11-4-2-1-3-10(11)9-5-6-12-13(7-9)18-8-17-12/h1,3,5-7,10-11H,2,4,8H2,(H,15,16)/t10-,11+/m0/s1. The number of ether oxygens (including phenoxy) is 2. The molecule has 0 spiro atoms. The summed E-state index contributed by atoms with van der Waals surface area (Å²) in [5.41, 5.74) is 0.975. The summed E-state index contributed by atoms with van der Waals surface area (Å²) in [6.07, 6.45) is 5.55. The Morgan fingerprint density at radius 1 is 1.28 bits per heavy atom. The van der Waals surface area contributed by atoms with Crippen LogP contribution in [-0.2, 0) is 4.79 Å². The van der Waals surface area contributed by atoms with Gasteiger partial charge in [-0.2, -0.15) is 0 Å². The fourth-order valence-corrected chi connectivity index (χ4v) is 2.57. The SMILES string of the molecule is O=C(O)[C@@H]1CCC=C[C@H]1c1ccc2c(c1)OCO2. The maximum absolute atomic E-state index is 11.3. The number of fused-ring (bicyclic) bond motifs is 1. The number of hydrogen-bond acceptors (Lipinski definition) is 3. The minimum atomic E-state index is -0.734. The molecule has 2 aliphatic rings. The van der Waals surface area contributed by atoms with Crippen LogP contribution in [0.5, 0.6) is 11.5 Å². The number of rotatable bonds is 2. The zero-order valence-electron chi connectivity index (χ0n) is 9.83. The number of benzene rings is 1. The maximum atomic E-state index is 11.3. The molecular weight excluding hydrogens is 232 g/mol. The van der Waals surface area contributed by atoms with E-state index in [0.29, 0.717) is 12.2 Å². The molecule has 0 radical (unpaired) electrons. The fraction of sp³-hybridized carbons (Fsp3) is 0.357. The first-order valence-electron chi connectivity index (χ1n) is 6.05. The van der Waals surface area contributed by atoms with Crippen molar-refractivity contribution < 1.29 is 19.4 Å². The van der Waals surface area contributed by atoms with Crippen LogP contribution in [0.2, 0.25) is 0 Å². The van der Waals surface area contributed by atoms with E-state index in [-0.39, 0.29) is 18.6 Å². The van der Waals surface area contributed by atoms with Gasteiger partial charge in [0.15, 0.2) is 11.5 Å². The van der Waals surface area contributed by atoms with Crippen LogP contribution in [0.25, 0.3) is 0 Å². The van der Waals surface area contributed by atoms with Gasteiger partial charge in [-0.3, -0.25) is 4.79 Å². The van der Waals surface area contributed by atoms with Gasteiger partial charge in [0.2, 0.25) is 6.79 Å². The second kappa shape index (κ2) is 4.37. The van der Waals surface area contributed by atoms with E-state index >= 15 is 0 Å². The highest BCUT2D eigenvalue weighted by molar-refractivity contribution is 5.72. The van der Waals surface area contributed by atoms with E-state index in [1.807, 2.05) is 24.3 Å². The van der Waals surface area contributed by atoms with Crippen molar-refractivity contribution in [1.29, 1.82) is 0 Å². The van der Waals surface area contributed by atoms with Crippen LogP contribution in [0.4, 0.5) is 0 Å². The summed E-state index contributed by atoms with van der Waals surface area (Å²) >= 11 is 0. The molecule has 2 atom stereocenters. The smallest absolute Gasteiger partial charge is 0.307 e. The fourth-order valence-electron chi connectivity index (χ4n) is 2.57. The van der Waals surface area contributed by atoms with Crippen molar-refractivity contribution in [3.63, 3.8) is 0 Å². The van der Waals surface area contributed by atoms with E-state index < -0.39 is 5.97 Å². The molecule has 0 saturated carbocycles. The minimum Gasteiger partial charge on any atom is -0.481 e. The number of carbonyl (C=O) groups is 1. The molecule has 1 aliphatic carbocycles. The Morgan fingerprint density at radius 2 is 2.11 bits per heavy atom. The third kappa shape index (κ3) is 1.83. The molecule has 0 bridgehead atoms. The molecule has 1 heterocycles. The van der Waals surface area contributed by atoms with E-state index in [1.54, 1.807) is 0 Å². The van der Waals surface area contributed by atoms with Gasteiger partial charge in [0, 0.05) is 5.92 Å². The van der Waals surface area contributed by atoms with Crippen LogP contribution in [-0.4, -0.2) is 17.9 Å².